The first-order valence-corrected chi connectivity index (χ1v) is 6.58. The van der Waals surface area contributed by atoms with Crippen molar-refractivity contribution in [2.45, 2.75) is 57.9 Å². The van der Waals surface area contributed by atoms with Crippen molar-refractivity contribution in [1.82, 2.24) is 5.32 Å². The first kappa shape index (κ1) is 12.6. The molecule has 94 valence electrons. The van der Waals surface area contributed by atoms with E-state index < -0.39 is 0 Å². The highest BCUT2D eigenvalue weighted by Crippen LogP contribution is 2.25. The van der Waals surface area contributed by atoms with Crippen LogP contribution in [0.3, 0.4) is 0 Å². The molecule has 2 rings (SSSR count). The molecule has 2 heteroatoms. The van der Waals surface area contributed by atoms with Crippen molar-refractivity contribution < 1.29 is 4.74 Å². The quantitative estimate of drug-likeness (QED) is 0.866. The Labute approximate surface area is 104 Å². The Morgan fingerprint density at radius 3 is 2.71 bits per heavy atom. The second kappa shape index (κ2) is 5.19. The lowest BCUT2D eigenvalue weighted by molar-refractivity contribution is -0.0908. The Kier molecular flexibility index (Phi) is 3.85. The molecule has 0 aromatic heterocycles. The van der Waals surface area contributed by atoms with Crippen LogP contribution >= 0.6 is 0 Å². The highest BCUT2D eigenvalue weighted by Gasteiger charge is 2.33. The molecular weight excluding hydrogens is 210 g/mol. The Morgan fingerprint density at radius 1 is 1.35 bits per heavy atom. The zero-order valence-electron chi connectivity index (χ0n) is 11.1. The predicted molar refractivity (Wildman–Crippen MR) is 70.9 cm³/mol. The molecular formula is C15H23NO. The van der Waals surface area contributed by atoms with E-state index in [0.29, 0.717) is 6.10 Å². The van der Waals surface area contributed by atoms with Crippen LogP contribution in [0.15, 0.2) is 30.3 Å². The maximum Gasteiger partial charge on any atom is 0.112 e. The zero-order chi connectivity index (χ0) is 12.3. The van der Waals surface area contributed by atoms with E-state index in [0.717, 1.165) is 19.3 Å². The molecule has 0 amide bonds. The molecule has 0 radical (unpaired) electrons. The van der Waals surface area contributed by atoms with Crippen LogP contribution < -0.4 is 5.32 Å². The summed E-state index contributed by atoms with van der Waals surface area (Å²) in [6.45, 7) is 6.71. The summed E-state index contributed by atoms with van der Waals surface area (Å²) in [6.07, 6.45) is 3.67. The molecule has 1 fully saturated rings. The zero-order valence-corrected chi connectivity index (χ0v) is 11.1. The van der Waals surface area contributed by atoms with Gasteiger partial charge >= 0.3 is 0 Å². The van der Waals surface area contributed by atoms with Gasteiger partial charge in [0.25, 0.3) is 0 Å². The van der Waals surface area contributed by atoms with E-state index in [2.05, 4.69) is 56.4 Å². The first-order valence-electron chi connectivity index (χ1n) is 6.58. The summed E-state index contributed by atoms with van der Waals surface area (Å²) in [5.74, 6) is 0. The van der Waals surface area contributed by atoms with Gasteiger partial charge in [0.05, 0.1) is 6.10 Å². The summed E-state index contributed by atoms with van der Waals surface area (Å²) in [5, 5.41) is 3.64. The maximum absolute atomic E-state index is 5.98. The van der Waals surface area contributed by atoms with E-state index in [1.54, 1.807) is 0 Å². The van der Waals surface area contributed by atoms with Gasteiger partial charge in [-0.2, -0.15) is 0 Å². The molecule has 0 saturated carbocycles. The molecule has 1 saturated heterocycles. The largest absolute Gasteiger partial charge is 0.360 e. The fourth-order valence-corrected chi connectivity index (χ4v) is 2.62. The third-order valence-corrected chi connectivity index (χ3v) is 3.69. The molecule has 1 aromatic rings. The Bertz CT molecular complexity index is 351. The van der Waals surface area contributed by atoms with Crippen molar-refractivity contribution in [2.75, 3.05) is 0 Å². The molecule has 1 heterocycles. The SMILES string of the molecule is CCC1(C)CC(C)OC(Cc2ccccc2)N1. The van der Waals surface area contributed by atoms with E-state index in [1.807, 2.05) is 0 Å². The molecule has 1 aromatic carbocycles. The highest BCUT2D eigenvalue weighted by atomic mass is 16.5. The third kappa shape index (κ3) is 3.30. The number of hydrogen-bond acceptors (Lipinski definition) is 2. The lowest BCUT2D eigenvalue weighted by atomic mass is 9.89. The minimum Gasteiger partial charge on any atom is -0.360 e. The van der Waals surface area contributed by atoms with Crippen LogP contribution in [0, 0.1) is 0 Å². The monoisotopic (exact) mass is 233 g/mol. The minimum absolute atomic E-state index is 0.145. The predicted octanol–water partition coefficient (Wildman–Crippen LogP) is 3.12. The molecule has 2 nitrogen and oxygen atoms in total. The summed E-state index contributed by atoms with van der Waals surface area (Å²) in [4.78, 5) is 0. The van der Waals surface area contributed by atoms with Crippen molar-refractivity contribution in [2.24, 2.45) is 0 Å². The van der Waals surface area contributed by atoms with Crippen LogP contribution in [-0.2, 0) is 11.2 Å². The van der Waals surface area contributed by atoms with Crippen LogP contribution in [0.4, 0.5) is 0 Å². The summed E-state index contributed by atoms with van der Waals surface area (Å²) in [6, 6.07) is 10.5. The van der Waals surface area contributed by atoms with E-state index in [1.165, 1.54) is 5.56 Å². The Balaban J connectivity index is 2.01. The van der Waals surface area contributed by atoms with Crippen LogP contribution in [0.1, 0.15) is 39.2 Å². The molecule has 1 aliphatic heterocycles. The number of rotatable bonds is 3. The molecule has 1 N–H and O–H groups in total. The van der Waals surface area contributed by atoms with Gasteiger partial charge in [-0.1, -0.05) is 37.3 Å². The first-order chi connectivity index (χ1) is 8.11. The molecule has 1 aliphatic rings. The van der Waals surface area contributed by atoms with Gasteiger partial charge in [0.2, 0.25) is 0 Å². The fraction of sp³-hybridized carbons (Fsp3) is 0.600. The average molecular weight is 233 g/mol. The number of ether oxygens (including phenoxy) is 1. The van der Waals surface area contributed by atoms with Gasteiger partial charge in [-0.15, -0.1) is 0 Å². The maximum atomic E-state index is 5.98. The van der Waals surface area contributed by atoms with Crippen LogP contribution in [-0.4, -0.2) is 17.9 Å². The van der Waals surface area contributed by atoms with Crippen molar-refractivity contribution >= 4 is 0 Å². The van der Waals surface area contributed by atoms with E-state index in [4.69, 9.17) is 4.74 Å². The summed E-state index contributed by atoms with van der Waals surface area (Å²) >= 11 is 0. The molecule has 0 spiro atoms. The van der Waals surface area contributed by atoms with Crippen molar-refractivity contribution in [1.29, 1.82) is 0 Å². The smallest absolute Gasteiger partial charge is 0.112 e. The van der Waals surface area contributed by atoms with Gasteiger partial charge in [0.15, 0.2) is 0 Å². The van der Waals surface area contributed by atoms with Gasteiger partial charge < -0.3 is 4.74 Å². The van der Waals surface area contributed by atoms with Gasteiger partial charge in [0, 0.05) is 12.0 Å². The van der Waals surface area contributed by atoms with E-state index in [-0.39, 0.29) is 11.8 Å². The van der Waals surface area contributed by atoms with Gasteiger partial charge in [-0.05, 0) is 32.3 Å². The standard InChI is InChI=1S/C15H23NO/c1-4-15(3)11-12(2)17-14(16-15)10-13-8-6-5-7-9-13/h5-9,12,14,16H,4,10-11H2,1-3H3. The molecule has 3 atom stereocenters. The Hall–Kier alpha value is -0.860. The topological polar surface area (TPSA) is 21.3 Å². The normalized spacial score (nSPS) is 33.6. The summed E-state index contributed by atoms with van der Waals surface area (Å²) in [7, 11) is 0. The van der Waals surface area contributed by atoms with Crippen molar-refractivity contribution in [3.05, 3.63) is 35.9 Å². The molecule has 3 unspecified atom stereocenters. The number of benzene rings is 1. The number of nitrogens with one attached hydrogen (secondary N) is 1. The van der Waals surface area contributed by atoms with Gasteiger partial charge in [-0.3, -0.25) is 5.32 Å². The van der Waals surface area contributed by atoms with E-state index in [9.17, 15) is 0 Å². The average Bonchev–Trinajstić information content (AvgIpc) is 2.29. The second-order valence-corrected chi connectivity index (χ2v) is 5.39. The van der Waals surface area contributed by atoms with Crippen LogP contribution in [0.2, 0.25) is 0 Å². The molecule has 0 aliphatic carbocycles. The second-order valence-electron chi connectivity index (χ2n) is 5.39. The lowest BCUT2D eigenvalue weighted by Crippen LogP contribution is -2.56. The van der Waals surface area contributed by atoms with Crippen molar-refractivity contribution in [3.63, 3.8) is 0 Å². The summed E-state index contributed by atoms with van der Waals surface area (Å²) < 4.78 is 5.98. The third-order valence-electron chi connectivity index (χ3n) is 3.69. The van der Waals surface area contributed by atoms with Crippen molar-refractivity contribution in [3.8, 4) is 0 Å². The molecule has 0 bridgehead atoms. The van der Waals surface area contributed by atoms with Crippen LogP contribution in [0.5, 0.6) is 0 Å². The van der Waals surface area contributed by atoms with Crippen LogP contribution in [0.25, 0.3) is 0 Å². The minimum atomic E-state index is 0.145. The van der Waals surface area contributed by atoms with Gasteiger partial charge in [-0.25, -0.2) is 0 Å². The van der Waals surface area contributed by atoms with Gasteiger partial charge in [0.1, 0.15) is 6.23 Å². The molecule has 17 heavy (non-hydrogen) atoms. The Morgan fingerprint density at radius 2 is 2.06 bits per heavy atom. The summed E-state index contributed by atoms with van der Waals surface area (Å²) in [5.41, 5.74) is 1.55. The number of hydrogen-bond donors (Lipinski definition) is 1. The van der Waals surface area contributed by atoms with E-state index >= 15 is 0 Å². The highest BCUT2D eigenvalue weighted by molar-refractivity contribution is 5.15. The fourth-order valence-electron chi connectivity index (χ4n) is 2.62. The lowest BCUT2D eigenvalue weighted by Gasteiger charge is -2.42.